The van der Waals surface area contributed by atoms with Gasteiger partial charge in [-0.05, 0) is 30.3 Å². The van der Waals surface area contributed by atoms with Crippen LogP contribution < -0.4 is 10.5 Å². The van der Waals surface area contributed by atoms with Gasteiger partial charge in [-0.3, -0.25) is 0 Å². The van der Waals surface area contributed by atoms with Gasteiger partial charge in [0.25, 0.3) is 0 Å². The summed E-state index contributed by atoms with van der Waals surface area (Å²) in [6.07, 6.45) is 0. The molecule has 2 nitrogen and oxygen atoms in total. The molecule has 0 saturated heterocycles. The average molecular weight is 377 g/mol. The van der Waals surface area contributed by atoms with Crippen molar-refractivity contribution >= 4 is 56.3 Å². The van der Waals surface area contributed by atoms with Crippen LogP contribution in [0.2, 0.25) is 10.0 Å². The third-order valence-corrected chi connectivity index (χ3v) is 3.58. The highest BCUT2D eigenvalue weighted by Crippen LogP contribution is 2.34. The monoisotopic (exact) mass is 375 g/mol. The van der Waals surface area contributed by atoms with E-state index in [2.05, 4.69) is 15.9 Å². The molecule has 0 bridgehead atoms. The molecule has 0 aliphatic rings. The fourth-order valence-corrected chi connectivity index (χ4v) is 2.30. The minimum absolute atomic E-state index is 0.245. The largest absolute Gasteiger partial charge is 0.455 e. The van der Waals surface area contributed by atoms with E-state index in [1.165, 1.54) is 0 Å². The lowest BCUT2D eigenvalue weighted by atomic mass is 10.2. The summed E-state index contributed by atoms with van der Waals surface area (Å²) in [5, 5.41) is 0.995. The zero-order valence-corrected chi connectivity index (χ0v) is 13.4. The molecule has 0 aliphatic heterocycles. The van der Waals surface area contributed by atoms with E-state index in [4.69, 9.17) is 45.9 Å². The van der Waals surface area contributed by atoms with Crippen LogP contribution in [0.5, 0.6) is 11.5 Å². The number of halogens is 3. The maximum atomic E-state index is 6.05. The van der Waals surface area contributed by atoms with Gasteiger partial charge >= 0.3 is 0 Å². The van der Waals surface area contributed by atoms with Crippen molar-refractivity contribution in [1.82, 2.24) is 0 Å². The SMILES string of the molecule is NC(=S)c1cc(Br)ccc1Oc1cc(Cl)ccc1Cl. The van der Waals surface area contributed by atoms with Gasteiger partial charge in [0.2, 0.25) is 0 Å². The molecule has 0 fully saturated rings. The van der Waals surface area contributed by atoms with Crippen LogP contribution in [0.4, 0.5) is 0 Å². The Kier molecular flexibility index (Phi) is 4.68. The summed E-state index contributed by atoms with van der Waals surface area (Å²) < 4.78 is 6.59. The predicted molar refractivity (Wildman–Crippen MR) is 86.6 cm³/mol. The first-order valence-electron chi connectivity index (χ1n) is 5.19. The molecule has 19 heavy (non-hydrogen) atoms. The van der Waals surface area contributed by atoms with Gasteiger partial charge < -0.3 is 10.5 Å². The fourth-order valence-electron chi connectivity index (χ4n) is 1.46. The van der Waals surface area contributed by atoms with Crippen LogP contribution in [-0.2, 0) is 0 Å². The van der Waals surface area contributed by atoms with E-state index in [0.717, 1.165) is 4.47 Å². The summed E-state index contributed by atoms with van der Waals surface area (Å²) in [6, 6.07) is 10.4. The summed E-state index contributed by atoms with van der Waals surface area (Å²) >= 11 is 20.3. The van der Waals surface area contributed by atoms with Gasteiger partial charge in [0.15, 0.2) is 0 Å². The number of rotatable bonds is 3. The maximum absolute atomic E-state index is 6.05. The fraction of sp³-hybridized carbons (Fsp3) is 0. The minimum atomic E-state index is 0.245. The summed E-state index contributed by atoms with van der Waals surface area (Å²) in [4.78, 5) is 0.245. The van der Waals surface area contributed by atoms with E-state index in [1.54, 1.807) is 30.3 Å². The van der Waals surface area contributed by atoms with Crippen LogP contribution >= 0.6 is 51.3 Å². The summed E-state index contributed by atoms with van der Waals surface area (Å²) in [6.45, 7) is 0. The smallest absolute Gasteiger partial charge is 0.147 e. The van der Waals surface area contributed by atoms with Crippen LogP contribution in [0, 0.1) is 0 Å². The second kappa shape index (κ2) is 6.09. The number of benzene rings is 2. The highest BCUT2D eigenvalue weighted by atomic mass is 79.9. The first-order chi connectivity index (χ1) is 8.97. The molecular formula is C13H8BrCl2NOS. The lowest BCUT2D eigenvalue weighted by Crippen LogP contribution is -2.10. The lowest BCUT2D eigenvalue weighted by Gasteiger charge is -2.12. The molecule has 0 spiro atoms. The number of ether oxygens (including phenoxy) is 1. The molecule has 0 aliphatic carbocycles. The predicted octanol–water partition coefficient (Wildman–Crippen LogP) is 5.18. The maximum Gasteiger partial charge on any atom is 0.147 e. The van der Waals surface area contributed by atoms with Crippen molar-refractivity contribution < 1.29 is 4.74 Å². The van der Waals surface area contributed by atoms with Crippen LogP contribution in [0.1, 0.15) is 5.56 Å². The van der Waals surface area contributed by atoms with Gasteiger partial charge in [0, 0.05) is 15.6 Å². The molecule has 0 atom stereocenters. The Bertz CT molecular complexity index is 649. The van der Waals surface area contributed by atoms with Gasteiger partial charge in [0.05, 0.1) is 10.6 Å². The van der Waals surface area contributed by atoms with Gasteiger partial charge in [-0.25, -0.2) is 0 Å². The number of hydrogen-bond donors (Lipinski definition) is 1. The molecular weight excluding hydrogens is 369 g/mol. The van der Waals surface area contributed by atoms with Crippen LogP contribution in [0.25, 0.3) is 0 Å². The Balaban J connectivity index is 2.43. The van der Waals surface area contributed by atoms with Crippen molar-refractivity contribution in [2.24, 2.45) is 5.73 Å². The highest BCUT2D eigenvalue weighted by Gasteiger charge is 2.11. The molecule has 6 heteroatoms. The zero-order chi connectivity index (χ0) is 14.0. The van der Waals surface area contributed by atoms with Gasteiger partial charge in [-0.15, -0.1) is 0 Å². The van der Waals surface area contributed by atoms with Crippen LogP contribution in [-0.4, -0.2) is 4.99 Å². The number of nitrogens with two attached hydrogens (primary N) is 1. The van der Waals surface area contributed by atoms with Crippen LogP contribution in [0.15, 0.2) is 40.9 Å². The molecule has 2 N–H and O–H groups in total. The first kappa shape index (κ1) is 14.6. The Morgan fingerprint density at radius 1 is 1.11 bits per heavy atom. The molecule has 0 saturated carbocycles. The van der Waals surface area contributed by atoms with Crippen molar-refractivity contribution in [2.75, 3.05) is 0 Å². The Labute approximate surface area is 134 Å². The molecule has 0 radical (unpaired) electrons. The van der Waals surface area contributed by atoms with Crippen molar-refractivity contribution in [2.45, 2.75) is 0 Å². The average Bonchev–Trinajstić information content (AvgIpc) is 2.35. The zero-order valence-electron chi connectivity index (χ0n) is 9.49. The third-order valence-electron chi connectivity index (χ3n) is 2.32. The quantitative estimate of drug-likeness (QED) is 0.749. The summed E-state index contributed by atoms with van der Waals surface area (Å²) in [7, 11) is 0. The molecule has 2 aromatic carbocycles. The summed E-state index contributed by atoms with van der Waals surface area (Å²) in [5.41, 5.74) is 6.30. The van der Waals surface area contributed by atoms with E-state index in [-0.39, 0.29) is 4.99 Å². The van der Waals surface area contributed by atoms with Gasteiger partial charge in [-0.1, -0.05) is 51.3 Å². The Morgan fingerprint density at radius 3 is 2.53 bits per heavy atom. The van der Waals surface area contributed by atoms with Crippen LogP contribution in [0.3, 0.4) is 0 Å². The molecule has 98 valence electrons. The molecule has 2 rings (SSSR count). The summed E-state index contributed by atoms with van der Waals surface area (Å²) in [5.74, 6) is 0.980. The van der Waals surface area contributed by atoms with E-state index in [9.17, 15) is 0 Å². The Hall–Kier alpha value is -0.810. The van der Waals surface area contributed by atoms with E-state index < -0.39 is 0 Å². The molecule has 0 amide bonds. The standard InChI is InChI=1S/C13H8BrCl2NOS/c14-7-1-4-11(9(5-7)13(17)19)18-12-6-8(15)2-3-10(12)16/h1-6H,(H2,17,19). The van der Waals surface area contributed by atoms with Gasteiger partial charge in [-0.2, -0.15) is 0 Å². The van der Waals surface area contributed by atoms with E-state index in [1.807, 2.05) is 6.07 Å². The van der Waals surface area contributed by atoms with E-state index in [0.29, 0.717) is 27.1 Å². The normalized spacial score (nSPS) is 10.3. The van der Waals surface area contributed by atoms with Crippen molar-refractivity contribution in [3.8, 4) is 11.5 Å². The molecule has 0 unspecified atom stereocenters. The molecule has 0 heterocycles. The van der Waals surface area contributed by atoms with Crippen molar-refractivity contribution in [3.63, 3.8) is 0 Å². The Morgan fingerprint density at radius 2 is 1.84 bits per heavy atom. The van der Waals surface area contributed by atoms with Crippen molar-refractivity contribution in [3.05, 3.63) is 56.5 Å². The first-order valence-corrected chi connectivity index (χ1v) is 7.15. The molecule has 0 aromatic heterocycles. The second-order valence-electron chi connectivity index (χ2n) is 3.68. The van der Waals surface area contributed by atoms with Gasteiger partial charge in [0.1, 0.15) is 16.5 Å². The topological polar surface area (TPSA) is 35.2 Å². The van der Waals surface area contributed by atoms with E-state index >= 15 is 0 Å². The highest BCUT2D eigenvalue weighted by molar-refractivity contribution is 9.10. The lowest BCUT2D eigenvalue weighted by molar-refractivity contribution is 0.482. The second-order valence-corrected chi connectivity index (χ2v) is 5.88. The number of hydrogen-bond acceptors (Lipinski definition) is 2. The third kappa shape index (κ3) is 3.60. The minimum Gasteiger partial charge on any atom is -0.455 e. The number of thiocarbonyl (C=S) groups is 1. The molecule has 2 aromatic rings. The van der Waals surface area contributed by atoms with Crippen molar-refractivity contribution in [1.29, 1.82) is 0 Å².